The number of benzene rings is 2. The highest BCUT2D eigenvalue weighted by molar-refractivity contribution is 5.99. The van der Waals surface area contributed by atoms with Crippen LogP contribution in [0.5, 0.6) is 0 Å². The van der Waals surface area contributed by atoms with E-state index in [0.717, 1.165) is 16.8 Å². The molecule has 15 heavy (non-hydrogen) atoms. The van der Waals surface area contributed by atoms with E-state index in [-0.39, 0.29) is 7.47 Å². The lowest BCUT2D eigenvalue weighted by Gasteiger charge is -2.19. The van der Waals surface area contributed by atoms with Crippen LogP contribution in [-0.2, 0) is 0 Å². The molecule has 74 valence electrons. The van der Waals surface area contributed by atoms with Gasteiger partial charge in [-0.3, -0.25) is 0 Å². The number of nitrogens with two attached hydrogens (primary N) is 2. The molecule has 2 heteroatoms. The molecule has 1 aliphatic carbocycles. The van der Waals surface area contributed by atoms with Crippen molar-refractivity contribution in [1.82, 2.24) is 0 Å². The van der Waals surface area contributed by atoms with Gasteiger partial charge in [0.1, 0.15) is 0 Å². The summed E-state index contributed by atoms with van der Waals surface area (Å²) in [5.74, 6) is 0. The summed E-state index contributed by atoms with van der Waals surface area (Å²) in [6, 6.07) is 10.2. The third-order valence-corrected chi connectivity index (χ3v) is 2.98. The molecular formula is C13H13N2+. The minimum absolute atomic E-state index is 0. The van der Waals surface area contributed by atoms with Gasteiger partial charge >= 0.3 is 1.43 Å². The minimum Gasteiger partial charge on any atom is -0.398 e. The molecule has 1 atom stereocenters. The van der Waals surface area contributed by atoms with E-state index >= 15 is 0 Å². The van der Waals surface area contributed by atoms with E-state index in [9.17, 15) is 0 Å². The van der Waals surface area contributed by atoms with E-state index in [1.807, 2.05) is 30.4 Å². The SMILES string of the molecule is Nc1ccc2cccc3c2c1C=CC3N.[H+]. The van der Waals surface area contributed by atoms with Gasteiger partial charge in [-0.15, -0.1) is 0 Å². The highest BCUT2D eigenvalue weighted by atomic mass is 14.6. The fourth-order valence-corrected chi connectivity index (χ4v) is 2.21. The van der Waals surface area contributed by atoms with Gasteiger partial charge in [-0.2, -0.15) is 0 Å². The lowest BCUT2D eigenvalue weighted by Crippen LogP contribution is -2.11. The monoisotopic (exact) mass is 197 g/mol. The van der Waals surface area contributed by atoms with Crippen molar-refractivity contribution in [3.8, 4) is 0 Å². The second-order valence-corrected chi connectivity index (χ2v) is 3.90. The predicted octanol–water partition coefficient (Wildman–Crippen LogP) is 2.56. The summed E-state index contributed by atoms with van der Waals surface area (Å²) in [6.45, 7) is 0. The van der Waals surface area contributed by atoms with Gasteiger partial charge in [-0.05, 0) is 22.4 Å². The van der Waals surface area contributed by atoms with Crippen LogP contribution in [-0.4, -0.2) is 0 Å². The van der Waals surface area contributed by atoms with E-state index in [1.54, 1.807) is 0 Å². The number of hydrogen-bond donors (Lipinski definition) is 2. The van der Waals surface area contributed by atoms with E-state index in [2.05, 4.69) is 12.1 Å². The zero-order valence-corrected chi connectivity index (χ0v) is 8.27. The van der Waals surface area contributed by atoms with Crippen LogP contribution in [0, 0.1) is 0 Å². The molecule has 2 nitrogen and oxygen atoms in total. The van der Waals surface area contributed by atoms with Gasteiger partial charge in [-0.25, -0.2) is 0 Å². The Balaban J connectivity index is 0.000000963. The molecule has 1 unspecified atom stereocenters. The summed E-state index contributed by atoms with van der Waals surface area (Å²) in [6.07, 6.45) is 4.02. The average molecular weight is 197 g/mol. The molecule has 1 aliphatic rings. The fraction of sp³-hybridized carbons (Fsp3) is 0.0769. The van der Waals surface area contributed by atoms with E-state index in [0.29, 0.717) is 0 Å². The topological polar surface area (TPSA) is 52.0 Å². The molecule has 4 N–H and O–H groups in total. The van der Waals surface area contributed by atoms with Crippen LogP contribution in [0.2, 0.25) is 0 Å². The molecule has 0 bridgehead atoms. The molecule has 3 rings (SSSR count). The third kappa shape index (κ3) is 1.09. The van der Waals surface area contributed by atoms with Crippen LogP contribution in [0.15, 0.2) is 36.4 Å². The Bertz CT molecular complexity index is 575. The normalized spacial score (nSPS) is 18.3. The van der Waals surface area contributed by atoms with Crippen LogP contribution in [0.25, 0.3) is 16.8 Å². The van der Waals surface area contributed by atoms with Gasteiger partial charge in [0.15, 0.2) is 0 Å². The largest absolute Gasteiger partial charge is 1.00 e. The molecule has 0 saturated carbocycles. The first-order valence-corrected chi connectivity index (χ1v) is 5.02. The number of rotatable bonds is 0. The van der Waals surface area contributed by atoms with Gasteiger partial charge in [0, 0.05) is 17.3 Å². The molecular weight excluding hydrogens is 184 g/mol. The van der Waals surface area contributed by atoms with Crippen LogP contribution in [0.3, 0.4) is 0 Å². The fourth-order valence-electron chi connectivity index (χ4n) is 2.21. The molecule has 0 saturated heterocycles. The number of nitrogen functional groups attached to an aromatic ring is 1. The van der Waals surface area contributed by atoms with Gasteiger partial charge in [0.2, 0.25) is 0 Å². The van der Waals surface area contributed by atoms with Crippen LogP contribution >= 0.6 is 0 Å². The average Bonchev–Trinajstić information content (AvgIpc) is 2.26. The summed E-state index contributed by atoms with van der Waals surface area (Å²) in [7, 11) is 0. The summed E-state index contributed by atoms with van der Waals surface area (Å²) in [4.78, 5) is 0. The molecule has 0 heterocycles. The second kappa shape index (κ2) is 2.84. The third-order valence-electron chi connectivity index (χ3n) is 2.98. The Labute approximate surface area is 89.7 Å². The molecule has 2 aromatic rings. The van der Waals surface area contributed by atoms with Crippen molar-refractivity contribution in [2.45, 2.75) is 6.04 Å². The highest BCUT2D eigenvalue weighted by Crippen LogP contribution is 2.35. The van der Waals surface area contributed by atoms with Crippen molar-refractivity contribution >= 4 is 22.5 Å². The van der Waals surface area contributed by atoms with Crippen molar-refractivity contribution in [3.63, 3.8) is 0 Å². The van der Waals surface area contributed by atoms with E-state index in [1.165, 1.54) is 10.8 Å². The van der Waals surface area contributed by atoms with Crippen LogP contribution in [0.4, 0.5) is 5.69 Å². The Hall–Kier alpha value is -1.80. The van der Waals surface area contributed by atoms with Crippen molar-refractivity contribution in [2.75, 3.05) is 5.73 Å². The first kappa shape index (κ1) is 8.50. The molecule has 0 aliphatic heterocycles. The van der Waals surface area contributed by atoms with Crippen molar-refractivity contribution in [3.05, 3.63) is 47.5 Å². The summed E-state index contributed by atoms with van der Waals surface area (Å²) in [5, 5.41) is 2.41. The first-order chi connectivity index (χ1) is 7.27. The highest BCUT2D eigenvalue weighted by Gasteiger charge is 2.15. The number of anilines is 1. The summed E-state index contributed by atoms with van der Waals surface area (Å²) in [5.41, 5.74) is 15.1. The minimum atomic E-state index is -0.0111. The van der Waals surface area contributed by atoms with Crippen LogP contribution in [0.1, 0.15) is 18.6 Å². The quantitative estimate of drug-likeness (QED) is 0.638. The molecule has 0 fully saturated rings. The Morgan fingerprint density at radius 2 is 2.00 bits per heavy atom. The maximum absolute atomic E-state index is 6.03. The van der Waals surface area contributed by atoms with E-state index < -0.39 is 0 Å². The zero-order chi connectivity index (χ0) is 10.4. The molecule has 2 aromatic carbocycles. The molecule has 0 radical (unpaired) electrons. The lowest BCUT2D eigenvalue weighted by atomic mass is 9.90. The number of hydrogen-bond acceptors (Lipinski definition) is 2. The molecule has 0 spiro atoms. The first-order valence-electron chi connectivity index (χ1n) is 5.02. The Kier molecular flexibility index (Phi) is 1.61. The standard InChI is InChI=1S/C13H12N2/c14-11-6-4-8-2-1-3-9-12(15)7-5-10(11)13(8)9/h1-7,12H,14-15H2/p+1. The Morgan fingerprint density at radius 3 is 2.87 bits per heavy atom. The van der Waals surface area contributed by atoms with Gasteiger partial charge in [0.05, 0.1) is 0 Å². The smallest absolute Gasteiger partial charge is 0.398 e. The van der Waals surface area contributed by atoms with Gasteiger partial charge in [0.25, 0.3) is 0 Å². The van der Waals surface area contributed by atoms with Crippen molar-refractivity contribution in [2.24, 2.45) is 5.73 Å². The van der Waals surface area contributed by atoms with Crippen molar-refractivity contribution < 1.29 is 1.43 Å². The van der Waals surface area contributed by atoms with Gasteiger partial charge in [-0.1, -0.05) is 36.4 Å². The maximum Gasteiger partial charge on any atom is 1.00 e. The van der Waals surface area contributed by atoms with Crippen LogP contribution < -0.4 is 11.5 Å². The molecule has 0 aromatic heterocycles. The summed E-state index contributed by atoms with van der Waals surface area (Å²) < 4.78 is 0. The van der Waals surface area contributed by atoms with E-state index in [4.69, 9.17) is 11.5 Å². The second-order valence-electron chi connectivity index (χ2n) is 3.90. The molecule has 0 amide bonds. The van der Waals surface area contributed by atoms with Gasteiger partial charge < -0.3 is 11.5 Å². The zero-order valence-electron chi connectivity index (χ0n) is 9.27. The van der Waals surface area contributed by atoms with Crippen molar-refractivity contribution in [1.29, 1.82) is 0 Å². The predicted molar refractivity (Wildman–Crippen MR) is 65.4 cm³/mol. The Morgan fingerprint density at radius 1 is 1.13 bits per heavy atom. The summed E-state index contributed by atoms with van der Waals surface area (Å²) >= 11 is 0. The lowest BCUT2D eigenvalue weighted by molar-refractivity contribution is 0.922. The maximum atomic E-state index is 6.03.